The third-order valence-corrected chi connectivity index (χ3v) is 8.11. The van der Waals surface area contributed by atoms with Crippen molar-refractivity contribution in [1.82, 2.24) is 4.90 Å². The Kier molecular flexibility index (Phi) is 4.42. The van der Waals surface area contributed by atoms with Crippen LogP contribution in [0.5, 0.6) is 5.75 Å². The number of methoxy groups -OCH3 is 1. The molecule has 170 valence electrons. The number of carbonyl (C=O) groups is 3. The quantitative estimate of drug-likeness (QED) is 0.703. The highest BCUT2D eigenvalue weighted by Gasteiger charge is 2.74. The fraction of sp³-hybridized carbons (Fsp3) is 0.400. The minimum absolute atomic E-state index is 0.163. The summed E-state index contributed by atoms with van der Waals surface area (Å²) in [5.41, 5.74) is 1.78. The van der Waals surface area contributed by atoms with E-state index in [0.717, 1.165) is 36.1 Å². The fourth-order valence-corrected chi connectivity index (χ4v) is 6.83. The van der Waals surface area contributed by atoms with E-state index in [0.29, 0.717) is 23.0 Å². The Morgan fingerprint density at radius 1 is 1.18 bits per heavy atom. The highest BCUT2D eigenvalue weighted by atomic mass is 35.5. The number of aryl methyl sites for hydroxylation is 1. The van der Waals surface area contributed by atoms with E-state index >= 15 is 0 Å². The van der Waals surface area contributed by atoms with Crippen molar-refractivity contribution in [2.24, 2.45) is 11.8 Å². The average Bonchev–Trinajstić information content (AvgIpc) is 3.51. The highest BCUT2D eigenvalue weighted by molar-refractivity contribution is 6.32. The SMILES string of the molecule is CCc1cccc2c1NC(=O)[C@]21[C@@H]2C(=O)N(c3cc(Cl)ccc3OC)C(=O)[C@@H]2[C@@H]2CCCN21. The van der Waals surface area contributed by atoms with E-state index < -0.39 is 17.4 Å². The number of ether oxygens (including phenoxy) is 1. The summed E-state index contributed by atoms with van der Waals surface area (Å²) in [6.07, 6.45) is 2.42. The number of hydrogen-bond donors (Lipinski definition) is 1. The Balaban J connectivity index is 1.57. The zero-order valence-electron chi connectivity index (χ0n) is 18.4. The van der Waals surface area contributed by atoms with Gasteiger partial charge in [-0.3, -0.25) is 19.3 Å². The van der Waals surface area contributed by atoms with Crippen LogP contribution in [0.15, 0.2) is 36.4 Å². The smallest absolute Gasteiger partial charge is 0.250 e. The lowest BCUT2D eigenvalue weighted by Crippen LogP contribution is -2.54. The predicted molar refractivity (Wildman–Crippen MR) is 123 cm³/mol. The van der Waals surface area contributed by atoms with Gasteiger partial charge in [-0.15, -0.1) is 0 Å². The van der Waals surface area contributed by atoms with Gasteiger partial charge in [-0.25, -0.2) is 4.90 Å². The molecule has 1 spiro atoms. The maximum Gasteiger partial charge on any atom is 0.250 e. The molecule has 2 aromatic rings. The van der Waals surface area contributed by atoms with Crippen molar-refractivity contribution < 1.29 is 19.1 Å². The summed E-state index contributed by atoms with van der Waals surface area (Å²) in [4.78, 5) is 45.1. The Hall–Kier alpha value is -2.90. The van der Waals surface area contributed by atoms with Crippen LogP contribution in [0.1, 0.15) is 30.9 Å². The van der Waals surface area contributed by atoms with Crippen LogP contribution in [0.2, 0.25) is 5.02 Å². The number of carbonyl (C=O) groups excluding carboxylic acids is 3. The molecule has 7 nitrogen and oxygen atoms in total. The van der Waals surface area contributed by atoms with Crippen LogP contribution < -0.4 is 15.0 Å². The van der Waals surface area contributed by atoms with Crippen LogP contribution in [-0.2, 0) is 26.3 Å². The number of rotatable bonds is 3. The van der Waals surface area contributed by atoms with E-state index in [4.69, 9.17) is 16.3 Å². The molecule has 2 aromatic carbocycles. The summed E-state index contributed by atoms with van der Waals surface area (Å²) >= 11 is 6.22. The zero-order chi connectivity index (χ0) is 23.1. The van der Waals surface area contributed by atoms with E-state index in [-0.39, 0.29) is 23.8 Å². The van der Waals surface area contributed by atoms with Gasteiger partial charge in [0.1, 0.15) is 11.3 Å². The summed E-state index contributed by atoms with van der Waals surface area (Å²) in [7, 11) is 1.49. The Labute approximate surface area is 196 Å². The number of fused-ring (bicyclic) bond motifs is 7. The molecule has 3 saturated heterocycles. The van der Waals surface area contributed by atoms with Crippen LogP contribution in [-0.4, -0.2) is 42.3 Å². The Morgan fingerprint density at radius 2 is 2.00 bits per heavy atom. The van der Waals surface area contributed by atoms with Crippen LogP contribution in [0.25, 0.3) is 0 Å². The molecule has 8 heteroatoms. The molecule has 4 aliphatic heterocycles. The summed E-state index contributed by atoms with van der Waals surface area (Å²) in [5.74, 6) is -1.86. The van der Waals surface area contributed by atoms with Gasteiger partial charge in [0.2, 0.25) is 17.7 Å². The lowest BCUT2D eigenvalue weighted by Gasteiger charge is -2.36. The summed E-state index contributed by atoms with van der Waals surface area (Å²) in [6.45, 7) is 2.72. The van der Waals surface area contributed by atoms with E-state index in [1.165, 1.54) is 12.0 Å². The number of anilines is 2. The maximum atomic E-state index is 14.1. The molecule has 0 saturated carbocycles. The second-order valence-electron chi connectivity index (χ2n) is 9.15. The number of amides is 3. The molecule has 0 unspecified atom stereocenters. The standard InChI is InChI=1S/C25H24ClN3O4/c1-3-13-6-4-7-15-21(13)27-24(32)25(15)20-19(16-8-5-11-28(16)25)22(30)29(23(20)31)17-12-14(26)9-10-18(17)33-2/h4,6-7,9-10,12,16,19-20H,3,5,8,11H2,1-2H3,(H,27,32)/t16-,19+,20-,25+/m0/s1. The van der Waals surface area contributed by atoms with E-state index in [1.54, 1.807) is 18.2 Å². The van der Waals surface area contributed by atoms with Crippen molar-refractivity contribution >= 4 is 40.7 Å². The van der Waals surface area contributed by atoms with Gasteiger partial charge in [-0.2, -0.15) is 0 Å². The van der Waals surface area contributed by atoms with Gasteiger partial charge in [0, 0.05) is 22.3 Å². The van der Waals surface area contributed by atoms with E-state index in [9.17, 15) is 14.4 Å². The number of nitrogens with zero attached hydrogens (tertiary/aromatic N) is 2. The van der Waals surface area contributed by atoms with Gasteiger partial charge in [0.15, 0.2) is 0 Å². The maximum absolute atomic E-state index is 14.1. The van der Waals surface area contributed by atoms with Gasteiger partial charge in [-0.05, 0) is 49.6 Å². The average molecular weight is 466 g/mol. The molecule has 1 N–H and O–H groups in total. The molecule has 3 amide bonds. The topological polar surface area (TPSA) is 79.0 Å². The molecule has 0 aliphatic carbocycles. The molecule has 4 atom stereocenters. The Bertz CT molecular complexity index is 1230. The van der Waals surface area contributed by atoms with E-state index in [2.05, 4.69) is 10.2 Å². The number of nitrogens with one attached hydrogen (secondary N) is 1. The van der Waals surface area contributed by atoms with Crippen molar-refractivity contribution in [1.29, 1.82) is 0 Å². The van der Waals surface area contributed by atoms with Crippen molar-refractivity contribution in [2.45, 2.75) is 37.8 Å². The van der Waals surface area contributed by atoms with Crippen LogP contribution >= 0.6 is 11.6 Å². The Morgan fingerprint density at radius 3 is 2.76 bits per heavy atom. The second kappa shape index (κ2) is 7.05. The fourth-order valence-electron chi connectivity index (χ4n) is 6.66. The van der Waals surface area contributed by atoms with Gasteiger partial charge in [0.25, 0.3) is 0 Å². The minimum atomic E-state index is -1.18. The molecule has 4 heterocycles. The summed E-state index contributed by atoms with van der Waals surface area (Å²) in [6, 6.07) is 10.6. The molecule has 0 bridgehead atoms. The molecular weight excluding hydrogens is 442 g/mol. The zero-order valence-corrected chi connectivity index (χ0v) is 19.2. The molecule has 3 fully saturated rings. The molecule has 6 rings (SSSR count). The highest BCUT2D eigenvalue weighted by Crippen LogP contribution is 2.61. The normalized spacial score (nSPS) is 30.1. The lowest BCUT2D eigenvalue weighted by molar-refractivity contribution is -0.135. The molecule has 0 radical (unpaired) electrons. The second-order valence-corrected chi connectivity index (χ2v) is 9.58. The van der Waals surface area contributed by atoms with Crippen LogP contribution in [0.3, 0.4) is 0 Å². The molecular formula is C25H24ClN3O4. The number of hydrogen-bond acceptors (Lipinski definition) is 5. The number of imide groups is 1. The summed E-state index contributed by atoms with van der Waals surface area (Å²) in [5, 5.41) is 3.49. The molecule has 33 heavy (non-hydrogen) atoms. The van der Waals surface area contributed by atoms with Crippen LogP contribution in [0, 0.1) is 11.8 Å². The first-order valence-corrected chi connectivity index (χ1v) is 11.7. The monoisotopic (exact) mass is 465 g/mol. The van der Waals surface area contributed by atoms with Gasteiger partial charge < -0.3 is 10.1 Å². The largest absolute Gasteiger partial charge is 0.495 e. The lowest BCUT2D eigenvalue weighted by atomic mass is 9.75. The van der Waals surface area contributed by atoms with Crippen molar-refractivity contribution in [3.63, 3.8) is 0 Å². The molecule has 0 aromatic heterocycles. The third-order valence-electron chi connectivity index (χ3n) is 7.88. The van der Waals surface area contributed by atoms with Crippen molar-refractivity contribution in [3.05, 3.63) is 52.5 Å². The molecule has 4 aliphatic rings. The number of halogens is 1. The first-order chi connectivity index (χ1) is 15.9. The third kappa shape index (κ3) is 2.41. The van der Waals surface area contributed by atoms with E-state index in [1.807, 2.05) is 25.1 Å². The van der Waals surface area contributed by atoms with Gasteiger partial charge in [0.05, 0.1) is 24.6 Å². The first-order valence-electron chi connectivity index (χ1n) is 11.4. The first kappa shape index (κ1) is 20.7. The minimum Gasteiger partial charge on any atom is -0.495 e. The van der Waals surface area contributed by atoms with Crippen LogP contribution in [0.4, 0.5) is 11.4 Å². The number of benzene rings is 2. The van der Waals surface area contributed by atoms with Gasteiger partial charge in [-0.1, -0.05) is 36.7 Å². The number of para-hydroxylation sites is 1. The van der Waals surface area contributed by atoms with Crippen molar-refractivity contribution in [3.8, 4) is 5.75 Å². The van der Waals surface area contributed by atoms with Crippen molar-refractivity contribution in [2.75, 3.05) is 23.9 Å². The summed E-state index contributed by atoms with van der Waals surface area (Å²) < 4.78 is 5.45. The predicted octanol–water partition coefficient (Wildman–Crippen LogP) is 3.34. The van der Waals surface area contributed by atoms with Gasteiger partial charge >= 0.3 is 0 Å².